The Morgan fingerprint density at radius 3 is 2.00 bits per heavy atom. The molecule has 0 heterocycles. The highest BCUT2D eigenvalue weighted by molar-refractivity contribution is 7.87. The van der Waals surface area contributed by atoms with E-state index in [1.807, 2.05) is 13.8 Å². The van der Waals surface area contributed by atoms with E-state index in [2.05, 4.69) is 4.72 Å². The Morgan fingerprint density at radius 1 is 1.25 bits per heavy atom. The molecule has 4 nitrogen and oxygen atoms in total. The van der Waals surface area contributed by atoms with Crippen molar-refractivity contribution in [1.82, 2.24) is 4.72 Å². The van der Waals surface area contributed by atoms with Crippen LogP contribution in [0.1, 0.15) is 26.7 Å². The van der Waals surface area contributed by atoms with Gasteiger partial charge in [0.2, 0.25) is 0 Å². The lowest BCUT2D eigenvalue weighted by atomic mass is 10.0. The molecule has 1 rings (SSSR count). The summed E-state index contributed by atoms with van der Waals surface area (Å²) in [4.78, 5) is 0. The van der Waals surface area contributed by atoms with Gasteiger partial charge < -0.3 is 0 Å². The van der Waals surface area contributed by atoms with Gasteiger partial charge in [0.1, 0.15) is 0 Å². The van der Waals surface area contributed by atoms with Crippen LogP contribution < -0.4 is 9.86 Å². The molecule has 2 atom stereocenters. The van der Waals surface area contributed by atoms with Gasteiger partial charge in [-0.15, -0.1) is 0 Å². The second kappa shape index (κ2) is 3.32. The monoisotopic (exact) mass is 192 g/mol. The molecule has 0 bridgehead atoms. The predicted octanol–water partition coefficient (Wildman–Crippen LogP) is 0.214. The molecule has 0 spiro atoms. The van der Waals surface area contributed by atoms with Gasteiger partial charge >= 0.3 is 0 Å². The second-order valence-corrected chi connectivity index (χ2v) is 5.05. The topological polar surface area (TPSA) is 72.2 Å². The third-order valence-electron chi connectivity index (χ3n) is 2.60. The van der Waals surface area contributed by atoms with Crippen LogP contribution in [0.4, 0.5) is 0 Å². The molecule has 0 aromatic rings. The van der Waals surface area contributed by atoms with Gasteiger partial charge in [0.05, 0.1) is 0 Å². The molecule has 12 heavy (non-hydrogen) atoms. The van der Waals surface area contributed by atoms with Gasteiger partial charge in [-0.3, -0.25) is 0 Å². The second-order valence-electron chi connectivity index (χ2n) is 3.72. The van der Waals surface area contributed by atoms with Crippen molar-refractivity contribution >= 4 is 10.2 Å². The van der Waals surface area contributed by atoms with Crippen LogP contribution in [0.3, 0.4) is 0 Å². The maximum atomic E-state index is 10.7. The Labute approximate surface area is 73.7 Å². The first-order chi connectivity index (χ1) is 5.40. The molecular weight excluding hydrogens is 176 g/mol. The molecule has 3 N–H and O–H groups in total. The van der Waals surface area contributed by atoms with Crippen LogP contribution in [0.2, 0.25) is 0 Å². The van der Waals surface area contributed by atoms with E-state index >= 15 is 0 Å². The third-order valence-corrected chi connectivity index (χ3v) is 3.20. The van der Waals surface area contributed by atoms with E-state index in [1.165, 1.54) is 0 Å². The largest absolute Gasteiger partial charge is 0.274 e. The van der Waals surface area contributed by atoms with Gasteiger partial charge in [-0.25, -0.2) is 5.14 Å². The van der Waals surface area contributed by atoms with E-state index in [4.69, 9.17) is 5.14 Å². The van der Waals surface area contributed by atoms with Crippen LogP contribution in [0.5, 0.6) is 0 Å². The normalized spacial score (nSPS) is 37.1. The first-order valence-corrected chi connectivity index (χ1v) is 5.75. The Balaban J connectivity index is 2.62. The lowest BCUT2D eigenvalue weighted by molar-refractivity contribution is 0.415. The van der Waals surface area contributed by atoms with Crippen LogP contribution in [-0.4, -0.2) is 14.5 Å². The van der Waals surface area contributed by atoms with E-state index < -0.39 is 10.2 Å². The fraction of sp³-hybridized carbons (Fsp3) is 1.00. The first kappa shape index (κ1) is 9.95. The summed E-state index contributed by atoms with van der Waals surface area (Å²) in [5.74, 6) is 0.802. The Hall–Kier alpha value is -0.130. The molecule has 0 aliphatic heterocycles. The van der Waals surface area contributed by atoms with E-state index in [0.29, 0.717) is 11.8 Å². The molecule has 0 aromatic carbocycles. The molecule has 72 valence electrons. The van der Waals surface area contributed by atoms with Crippen molar-refractivity contribution in [2.45, 2.75) is 32.7 Å². The minimum Gasteiger partial charge on any atom is -0.216 e. The third kappa shape index (κ3) is 2.43. The minimum atomic E-state index is -3.52. The highest BCUT2D eigenvalue weighted by Gasteiger charge is 2.32. The van der Waals surface area contributed by atoms with E-state index in [-0.39, 0.29) is 6.04 Å². The Bertz CT molecular complexity index is 240. The molecule has 0 amide bonds. The zero-order valence-electron chi connectivity index (χ0n) is 7.45. The predicted molar refractivity (Wildman–Crippen MR) is 47.6 cm³/mol. The number of nitrogens with two attached hydrogens (primary N) is 1. The molecule has 1 aliphatic carbocycles. The highest BCUT2D eigenvalue weighted by atomic mass is 32.2. The van der Waals surface area contributed by atoms with Crippen LogP contribution in [0.15, 0.2) is 0 Å². The van der Waals surface area contributed by atoms with Gasteiger partial charge in [-0.2, -0.15) is 13.1 Å². The average Bonchev–Trinajstić information content (AvgIpc) is 2.16. The molecule has 0 radical (unpaired) electrons. The quantitative estimate of drug-likeness (QED) is 0.656. The Morgan fingerprint density at radius 2 is 1.67 bits per heavy atom. The summed E-state index contributed by atoms with van der Waals surface area (Å²) in [6.07, 6.45) is 2.16. The standard InChI is InChI=1S/C7H16N2O2S/c1-5-3-4-6(2)7(5)9-12(8,10)11/h5-7,9H,3-4H2,1-2H3,(H2,8,10,11). The van der Waals surface area contributed by atoms with Crippen molar-refractivity contribution in [1.29, 1.82) is 0 Å². The smallest absolute Gasteiger partial charge is 0.216 e. The summed E-state index contributed by atoms with van der Waals surface area (Å²) in [5.41, 5.74) is 0. The number of hydrogen-bond donors (Lipinski definition) is 2. The van der Waals surface area contributed by atoms with Crippen molar-refractivity contribution in [2.75, 3.05) is 0 Å². The molecule has 1 aliphatic rings. The van der Waals surface area contributed by atoms with Crippen molar-refractivity contribution in [3.05, 3.63) is 0 Å². The summed E-state index contributed by atoms with van der Waals surface area (Å²) < 4.78 is 24.0. The summed E-state index contributed by atoms with van der Waals surface area (Å²) in [5, 5.41) is 4.90. The van der Waals surface area contributed by atoms with Crippen molar-refractivity contribution in [2.24, 2.45) is 17.0 Å². The van der Waals surface area contributed by atoms with E-state index in [1.54, 1.807) is 0 Å². The summed E-state index contributed by atoms with van der Waals surface area (Å²) in [6, 6.07) is 0.0278. The summed E-state index contributed by atoms with van der Waals surface area (Å²) in [7, 11) is -3.52. The van der Waals surface area contributed by atoms with Crippen LogP contribution in [-0.2, 0) is 10.2 Å². The first-order valence-electron chi connectivity index (χ1n) is 4.20. The SMILES string of the molecule is CC1CCC(C)C1NS(N)(=O)=O. The summed E-state index contributed by atoms with van der Waals surface area (Å²) in [6.45, 7) is 4.10. The molecule has 5 heteroatoms. The summed E-state index contributed by atoms with van der Waals surface area (Å²) >= 11 is 0. The van der Waals surface area contributed by atoms with Gasteiger partial charge in [-0.05, 0) is 24.7 Å². The Kier molecular flexibility index (Phi) is 2.75. The average molecular weight is 192 g/mol. The number of nitrogens with one attached hydrogen (secondary N) is 1. The zero-order chi connectivity index (χ0) is 9.35. The minimum absolute atomic E-state index is 0.0278. The number of rotatable bonds is 2. The van der Waals surface area contributed by atoms with Crippen molar-refractivity contribution in [3.8, 4) is 0 Å². The fourth-order valence-corrected chi connectivity index (χ4v) is 2.71. The maximum Gasteiger partial charge on any atom is 0.274 e. The van der Waals surface area contributed by atoms with E-state index in [9.17, 15) is 8.42 Å². The molecule has 1 saturated carbocycles. The van der Waals surface area contributed by atoms with Crippen LogP contribution >= 0.6 is 0 Å². The molecular formula is C7H16N2O2S. The molecule has 0 saturated heterocycles. The fourth-order valence-electron chi connectivity index (χ4n) is 1.87. The van der Waals surface area contributed by atoms with Crippen molar-refractivity contribution < 1.29 is 8.42 Å². The lowest BCUT2D eigenvalue weighted by Gasteiger charge is -2.19. The van der Waals surface area contributed by atoms with Gasteiger partial charge in [0.15, 0.2) is 0 Å². The van der Waals surface area contributed by atoms with Crippen LogP contribution in [0, 0.1) is 11.8 Å². The molecule has 1 fully saturated rings. The maximum absolute atomic E-state index is 10.7. The van der Waals surface area contributed by atoms with E-state index in [0.717, 1.165) is 12.8 Å². The van der Waals surface area contributed by atoms with Crippen LogP contribution in [0.25, 0.3) is 0 Å². The highest BCUT2D eigenvalue weighted by Crippen LogP contribution is 2.30. The molecule has 0 aromatic heterocycles. The van der Waals surface area contributed by atoms with Gasteiger partial charge in [-0.1, -0.05) is 13.8 Å². The van der Waals surface area contributed by atoms with Gasteiger partial charge in [0.25, 0.3) is 10.2 Å². The zero-order valence-corrected chi connectivity index (χ0v) is 8.26. The molecule has 2 unspecified atom stereocenters. The lowest BCUT2D eigenvalue weighted by Crippen LogP contribution is -2.43. The van der Waals surface area contributed by atoms with Gasteiger partial charge in [0, 0.05) is 6.04 Å². The number of hydrogen-bond acceptors (Lipinski definition) is 2. The van der Waals surface area contributed by atoms with Crippen molar-refractivity contribution in [3.63, 3.8) is 0 Å².